The van der Waals surface area contributed by atoms with E-state index in [0.29, 0.717) is 25.9 Å². The maximum atomic E-state index is 11.4. The molecule has 0 aliphatic heterocycles. The Morgan fingerprint density at radius 1 is 0.333 bits per heavy atom. The molecule has 0 aromatic heterocycles. The molecule has 0 rings (SSSR count). The van der Waals surface area contributed by atoms with E-state index >= 15 is 0 Å². The molecule has 8 nitrogen and oxygen atoms in total. The summed E-state index contributed by atoms with van der Waals surface area (Å²) in [7, 11) is -4.11. The van der Waals surface area contributed by atoms with Crippen molar-refractivity contribution in [1.82, 2.24) is 0 Å². The normalized spacial score (nSPS) is 15.0. The van der Waals surface area contributed by atoms with Crippen LogP contribution in [0.1, 0.15) is 181 Å². The van der Waals surface area contributed by atoms with E-state index in [0.717, 1.165) is 60.8 Å². The second-order valence-corrected chi connectivity index (χ2v) is 18.6. The molecule has 0 spiro atoms. The smallest absolute Gasteiger partial charge is 0.128 e. The molecule has 0 saturated heterocycles. The number of nitrogens with zero attached hydrogens (tertiary/aromatic N) is 2. The first kappa shape index (κ1) is 47.7. The summed E-state index contributed by atoms with van der Waals surface area (Å²) in [6.07, 6.45) is 31.6. The van der Waals surface area contributed by atoms with E-state index in [2.05, 4.69) is 27.9 Å². The van der Waals surface area contributed by atoms with Crippen molar-refractivity contribution in [3.05, 3.63) is 0 Å². The van der Waals surface area contributed by atoms with Gasteiger partial charge < -0.3 is 18.1 Å². The highest BCUT2D eigenvalue weighted by atomic mass is 32.2. The third-order valence-corrected chi connectivity index (χ3v) is 12.0. The van der Waals surface area contributed by atoms with Crippen molar-refractivity contribution in [3.8, 4) is 0 Å². The number of hydrogen-bond donors (Lipinski definition) is 0. The lowest BCUT2D eigenvalue weighted by molar-refractivity contribution is -0.964. The average molecular weight is 725 g/mol. The van der Waals surface area contributed by atoms with Gasteiger partial charge in [0, 0.05) is 24.3 Å². The van der Waals surface area contributed by atoms with Crippen molar-refractivity contribution in [1.29, 1.82) is 0 Å². The first-order chi connectivity index (χ1) is 22.7. The van der Waals surface area contributed by atoms with Crippen LogP contribution in [0, 0.1) is 0 Å². The van der Waals surface area contributed by atoms with Gasteiger partial charge in [-0.3, -0.25) is 0 Å². The van der Waals surface area contributed by atoms with E-state index in [9.17, 15) is 25.9 Å². The Balaban J connectivity index is 4.85. The molecule has 0 saturated carbocycles. The monoisotopic (exact) mass is 725 g/mol. The van der Waals surface area contributed by atoms with Gasteiger partial charge in [-0.1, -0.05) is 142 Å². The van der Waals surface area contributed by atoms with E-state index < -0.39 is 20.2 Å². The SMILES string of the molecule is CCCCCCCCCCCCCC[N+](C)(CCCS(=O)(=O)[O-])CC[N+](C)(CCCCCCCCCCCCCC)CCCS(=O)(=O)[O-]. The maximum absolute atomic E-state index is 11.4. The highest BCUT2D eigenvalue weighted by Crippen LogP contribution is 2.18. The highest BCUT2D eigenvalue weighted by molar-refractivity contribution is 7.85. The van der Waals surface area contributed by atoms with Gasteiger partial charge in [0.25, 0.3) is 0 Å². The molecule has 0 radical (unpaired) electrons. The fourth-order valence-electron chi connectivity index (χ4n) is 7.07. The predicted molar refractivity (Wildman–Crippen MR) is 202 cm³/mol. The first-order valence-corrected chi connectivity index (χ1v) is 23.4. The van der Waals surface area contributed by atoms with Crippen LogP contribution in [0.3, 0.4) is 0 Å². The lowest BCUT2D eigenvalue weighted by Gasteiger charge is -2.40. The summed E-state index contributed by atoms with van der Waals surface area (Å²) < 4.78 is 69.6. The molecule has 0 amide bonds. The molecule has 0 fully saturated rings. The molecule has 2 atom stereocenters. The molecule has 0 aliphatic carbocycles. The van der Waals surface area contributed by atoms with E-state index in [1.54, 1.807) is 0 Å². The number of likely N-dealkylation sites (N-methyl/N-ethyl adjacent to an activating group) is 2. The number of hydrogen-bond acceptors (Lipinski definition) is 6. The Hall–Kier alpha value is -0.260. The average Bonchev–Trinajstić information content (AvgIpc) is 3.00. The Kier molecular flexibility index (Phi) is 29.2. The predicted octanol–water partition coefficient (Wildman–Crippen LogP) is 9.15. The number of unbranched alkanes of at least 4 members (excludes halogenated alkanes) is 22. The van der Waals surface area contributed by atoms with Gasteiger partial charge in [-0.2, -0.15) is 0 Å². The molecule has 10 heteroatoms. The standard InChI is InChI=1S/C38H80N2O6S2/c1-5-7-9-11-13-15-17-19-21-23-25-27-31-39(3,33-29-37-47(41,42)43)35-36-40(4,34-30-38-48(44,45)46)32-28-26-24-22-20-18-16-14-12-10-8-6-2/h5-38H2,1-4H3. The Labute approximate surface area is 299 Å². The minimum Gasteiger partial charge on any atom is -0.748 e. The van der Waals surface area contributed by atoms with E-state index in [-0.39, 0.29) is 11.5 Å². The van der Waals surface area contributed by atoms with Gasteiger partial charge in [0.1, 0.15) is 13.1 Å². The van der Waals surface area contributed by atoms with Gasteiger partial charge in [0.2, 0.25) is 0 Å². The van der Waals surface area contributed by atoms with E-state index in [4.69, 9.17) is 0 Å². The van der Waals surface area contributed by atoms with Gasteiger partial charge in [0.15, 0.2) is 0 Å². The molecule has 0 N–H and O–H groups in total. The molecule has 0 aromatic rings. The van der Waals surface area contributed by atoms with Crippen molar-refractivity contribution >= 4 is 20.2 Å². The fraction of sp³-hybridized carbons (Fsp3) is 1.00. The van der Waals surface area contributed by atoms with E-state index in [1.165, 1.54) is 128 Å². The van der Waals surface area contributed by atoms with Crippen LogP contribution in [0.25, 0.3) is 0 Å². The molecule has 0 aromatic carbocycles. The zero-order valence-corrected chi connectivity index (χ0v) is 33.8. The largest absolute Gasteiger partial charge is 0.748 e. The van der Waals surface area contributed by atoms with Gasteiger partial charge in [-0.25, -0.2) is 16.8 Å². The van der Waals surface area contributed by atoms with Crippen molar-refractivity contribution < 1.29 is 34.9 Å². The lowest BCUT2D eigenvalue weighted by Crippen LogP contribution is -2.56. The zero-order chi connectivity index (χ0) is 36.0. The van der Waals surface area contributed by atoms with Crippen LogP contribution in [0.5, 0.6) is 0 Å². The second-order valence-electron chi connectivity index (χ2n) is 15.6. The van der Waals surface area contributed by atoms with Crippen molar-refractivity contribution in [2.24, 2.45) is 0 Å². The fourth-order valence-corrected chi connectivity index (χ4v) is 8.03. The first-order valence-electron chi connectivity index (χ1n) is 20.3. The third-order valence-electron chi connectivity index (χ3n) is 10.5. The van der Waals surface area contributed by atoms with Gasteiger partial charge >= 0.3 is 0 Å². The highest BCUT2D eigenvalue weighted by Gasteiger charge is 2.29. The summed E-state index contributed by atoms with van der Waals surface area (Å²) in [5.41, 5.74) is 0. The summed E-state index contributed by atoms with van der Waals surface area (Å²) >= 11 is 0. The Morgan fingerprint density at radius 2 is 0.542 bits per heavy atom. The van der Waals surface area contributed by atoms with Crippen LogP contribution in [0.15, 0.2) is 0 Å². The summed E-state index contributed by atoms with van der Waals surface area (Å²) in [5.74, 6) is -0.656. The van der Waals surface area contributed by atoms with Crippen LogP contribution in [0.2, 0.25) is 0 Å². The van der Waals surface area contributed by atoms with Crippen LogP contribution >= 0.6 is 0 Å². The molecule has 48 heavy (non-hydrogen) atoms. The molecule has 0 bridgehead atoms. The summed E-state index contributed by atoms with van der Waals surface area (Å²) in [5, 5.41) is 0. The van der Waals surface area contributed by atoms with Crippen molar-refractivity contribution in [2.45, 2.75) is 181 Å². The molecule has 0 aliphatic rings. The van der Waals surface area contributed by atoms with Crippen LogP contribution < -0.4 is 0 Å². The maximum Gasteiger partial charge on any atom is 0.128 e. The molecule has 2 unspecified atom stereocenters. The minimum absolute atomic E-state index is 0.328. The molecular weight excluding hydrogens is 645 g/mol. The zero-order valence-electron chi connectivity index (χ0n) is 32.2. The van der Waals surface area contributed by atoms with Crippen LogP contribution in [0.4, 0.5) is 0 Å². The summed E-state index contributed by atoms with van der Waals surface area (Å²) in [4.78, 5) is 0. The minimum atomic E-state index is -4.24. The third kappa shape index (κ3) is 32.9. The van der Waals surface area contributed by atoms with Gasteiger partial charge in [-0.15, -0.1) is 0 Å². The van der Waals surface area contributed by atoms with E-state index in [1.807, 2.05) is 0 Å². The Morgan fingerprint density at radius 3 is 0.771 bits per heavy atom. The molecular formula is C38H80N2O6S2. The second kappa shape index (κ2) is 29.3. The van der Waals surface area contributed by atoms with Crippen molar-refractivity contribution in [2.75, 3.05) is 64.9 Å². The number of rotatable bonds is 37. The lowest BCUT2D eigenvalue weighted by atomic mass is 10.0. The summed E-state index contributed by atoms with van der Waals surface area (Å²) in [6, 6.07) is 0. The molecule has 290 valence electrons. The van der Waals surface area contributed by atoms with Crippen LogP contribution in [-0.4, -0.2) is 99.8 Å². The summed E-state index contributed by atoms with van der Waals surface area (Å²) in [6.45, 7) is 9.38. The number of quaternary nitrogens is 2. The van der Waals surface area contributed by atoms with Gasteiger partial charge in [-0.05, 0) is 25.7 Å². The quantitative estimate of drug-likeness (QED) is 0.0359. The Bertz CT molecular complexity index is 871. The molecule has 0 heterocycles. The van der Waals surface area contributed by atoms with Crippen molar-refractivity contribution in [3.63, 3.8) is 0 Å². The van der Waals surface area contributed by atoms with Gasteiger partial charge in [0.05, 0.1) is 60.5 Å². The van der Waals surface area contributed by atoms with Crippen LogP contribution in [-0.2, 0) is 20.2 Å². The topological polar surface area (TPSA) is 114 Å².